The number of aliphatic hydroxyl groups is 1. The highest BCUT2D eigenvalue weighted by atomic mass is 16.3. The molecule has 0 saturated carbocycles. The molecule has 0 aliphatic carbocycles. The molecular formula is C14H23NO. The van der Waals surface area contributed by atoms with Crippen LogP contribution in [0.4, 0.5) is 5.69 Å². The molecule has 0 fully saturated rings. The Morgan fingerprint density at radius 1 is 1.06 bits per heavy atom. The molecule has 0 radical (unpaired) electrons. The third-order valence-electron chi connectivity index (χ3n) is 2.78. The number of anilines is 1. The van der Waals surface area contributed by atoms with Crippen molar-refractivity contribution in [3.05, 3.63) is 29.8 Å². The molecule has 0 spiro atoms. The van der Waals surface area contributed by atoms with Crippen molar-refractivity contribution in [1.82, 2.24) is 0 Å². The highest BCUT2D eigenvalue weighted by Gasteiger charge is 1.98. The molecular weight excluding hydrogens is 198 g/mol. The molecule has 1 aromatic carbocycles. The van der Waals surface area contributed by atoms with Crippen LogP contribution in [0.5, 0.6) is 0 Å². The van der Waals surface area contributed by atoms with E-state index in [9.17, 15) is 0 Å². The monoisotopic (exact) mass is 221 g/mol. The van der Waals surface area contributed by atoms with E-state index in [0.29, 0.717) is 0 Å². The van der Waals surface area contributed by atoms with Gasteiger partial charge in [0.05, 0.1) is 6.61 Å². The second kappa shape index (κ2) is 8.17. The number of hydrogen-bond acceptors (Lipinski definition) is 2. The Morgan fingerprint density at radius 3 is 2.56 bits per heavy atom. The summed E-state index contributed by atoms with van der Waals surface area (Å²) in [6.07, 6.45) is 6.47. The molecule has 0 unspecified atom stereocenters. The molecule has 1 aromatic rings. The lowest BCUT2D eigenvalue weighted by Gasteiger charge is -2.09. The second-order valence-electron chi connectivity index (χ2n) is 4.16. The van der Waals surface area contributed by atoms with Crippen LogP contribution in [-0.2, 0) is 6.61 Å². The SMILES string of the molecule is CCCCCCCNc1ccccc1CO. The van der Waals surface area contributed by atoms with Crippen molar-refractivity contribution < 1.29 is 5.11 Å². The van der Waals surface area contributed by atoms with Crippen molar-refractivity contribution in [2.45, 2.75) is 45.6 Å². The number of unbranched alkanes of at least 4 members (excludes halogenated alkanes) is 4. The maximum absolute atomic E-state index is 9.15. The van der Waals surface area contributed by atoms with Gasteiger partial charge in [-0.3, -0.25) is 0 Å². The van der Waals surface area contributed by atoms with E-state index in [4.69, 9.17) is 5.11 Å². The Balaban J connectivity index is 2.21. The van der Waals surface area contributed by atoms with E-state index in [-0.39, 0.29) is 6.61 Å². The average Bonchev–Trinajstić information content (AvgIpc) is 2.34. The minimum Gasteiger partial charge on any atom is -0.392 e. The summed E-state index contributed by atoms with van der Waals surface area (Å²) >= 11 is 0. The van der Waals surface area contributed by atoms with Crippen molar-refractivity contribution >= 4 is 5.69 Å². The molecule has 90 valence electrons. The average molecular weight is 221 g/mol. The summed E-state index contributed by atoms with van der Waals surface area (Å²) in [7, 11) is 0. The number of aliphatic hydroxyl groups excluding tert-OH is 1. The largest absolute Gasteiger partial charge is 0.392 e. The quantitative estimate of drug-likeness (QED) is 0.658. The summed E-state index contributed by atoms with van der Waals surface area (Å²) in [5, 5.41) is 12.5. The van der Waals surface area contributed by atoms with Crippen LogP contribution in [0.1, 0.15) is 44.6 Å². The van der Waals surface area contributed by atoms with Gasteiger partial charge in [0.1, 0.15) is 0 Å². The Kier molecular flexibility index (Phi) is 6.66. The molecule has 0 aliphatic heterocycles. The fourth-order valence-corrected chi connectivity index (χ4v) is 1.78. The van der Waals surface area contributed by atoms with E-state index in [1.807, 2.05) is 24.3 Å². The topological polar surface area (TPSA) is 32.3 Å². The van der Waals surface area contributed by atoms with Gasteiger partial charge >= 0.3 is 0 Å². The summed E-state index contributed by atoms with van der Waals surface area (Å²) in [6.45, 7) is 3.34. The smallest absolute Gasteiger partial charge is 0.0701 e. The summed E-state index contributed by atoms with van der Waals surface area (Å²) in [5.74, 6) is 0. The fraction of sp³-hybridized carbons (Fsp3) is 0.571. The predicted octanol–water partition coefficient (Wildman–Crippen LogP) is 3.56. The number of para-hydroxylation sites is 1. The number of hydrogen-bond donors (Lipinski definition) is 2. The molecule has 16 heavy (non-hydrogen) atoms. The van der Waals surface area contributed by atoms with Crippen molar-refractivity contribution in [2.75, 3.05) is 11.9 Å². The van der Waals surface area contributed by atoms with Gasteiger partial charge in [-0.1, -0.05) is 50.8 Å². The van der Waals surface area contributed by atoms with Crippen LogP contribution in [0.3, 0.4) is 0 Å². The van der Waals surface area contributed by atoms with Gasteiger partial charge in [0.2, 0.25) is 0 Å². The lowest BCUT2D eigenvalue weighted by Crippen LogP contribution is -2.04. The van der Waals surface area contributed by atoms with Gasteiger partial charge in [-0.15, -0.1) is 0 Å². The van der Waals surface area contributed by atoms with Gasteiger partial charge in [-0.25, -0.2) is 0 Å². The lowest BCUT2D eigenvalue weighted by molar-refractivity contribution is 0.282. The first-order chi connectivity index (χ1) is 7.88. The zero-order chi connectivity index (χ0) is 11.6. The summed E-state index contributed by atoms with van der Waals surface area (Å²) in [6, 6.07) is 7.94. The maximum atomic E-state index is 9.15. The first-order valence-corrected chi connectivity index (χ1v) is 6.31. The molecule has 0 heterocycles. The molecule has 2 heteroatoms. The van der Waals surface area contributed by atoms with Crippen molar-refractivity contribution in [3.8, 4) is 0 Å². The van der Waals surface area contributed by atoms with E-state index < -0.39 is 0 Å². The standard InChI is InChI=1S/C14H23NO/c1-2-3-4-5-8-11-15-14-10-7-6-9-13(14)12-16/h6-7,9-10,15-16H,2-5,8,11-12H2,1H3. The summed E-state index contributed by atoms with van der Waals surface area (Å²) < 4.78 is 0. The van der Waals surface area contributed by atoms with Crippen LogP contribution in [0.25, 0.3) is 0 Å². The predicted molar refractivity (Wildman–Crippen MR) is 69.6 cm³/mol. The van der Waals surface area contributed by atoms with Crippen molar-refractivity contribution in [1.29, 1.82) is 0 Å². The Morgan fingerprint density at radius 2 is 1.81 bits per heavy atom. The Bertz CT molecular complexity index is 286. The minimum atomic E-state index is 0.110. The van der Waals surface area contributed by atoms with E-state index >= 15 is 0 Å². The molecule has 2 N–H and O–H groups in total. The van der Waals surface area contributed by atoms with Gasteiger partial charge in [0, 0.05) is 17.8 Å². The van der Waals surface area contributed by atoms with E-state index in [1.54, 1.807) is 0 Å². The summed E-state index contributed by atoms with van der Waals surface area (Å²) in [4.78, 5) is 0. The Hall–Kier alpha value is -1.02. The van der Waals surface area contributed by atoms with E-state index in [2.05, 4.69) is 12.2 Å². The Labute approximate surface area is 98.7 Å². The van der Waals surface area contributed by atoms with Crippen LogP contribution in [0.15, 0.2) is 24.3 Å². The first-order valence-electron chi connectivity index (χ1n) is 6.31. The van der Waals surface area contributed by atoms with Crippen LogP contribution < -0.4 is 5.32 Å². The molecule has 0 amide bonds. The van der Waals surface area contributed by atoms with Crippen LogP contribution in [-0.4, -0.2) is 11.7 Å². The third kappa shape index (κ3) is 4.67. The van der Waals surface area contributed by atoms with Crippen LogP contribution >= 0.6 is 0 Å². The lowest BCUT2D eigenvalue weighted by atomic mass is 10.1. The van der Waals surface area contributed by atoms with Crippen molar-refractivity contribution in [3.63, 3.8) is 0 Å². The summed E-state index contributed by atoms with van der Waals surface area (Å²) in [5.41, 5.74) is 2.05. The van der Waals surface area contributed by atoms with Gasteiger partial charge in [0.15, 0.2) is 0 Å². The van der Waals surface area contributed by atoms with Crippen molar-refractivity contribution in [2.24, 2.45) is 0 Å². The van der Waals surface area contributed by atoms with E-state index in [1.165, 1.54) is 32.1 Å². The van der Waals surface area contributed by atoms with Crippen LogP contribution in [0, 0.1) is 0 Å². The molecule has 2 nitrogen and oxygen atoms in total. The number of rotatable bonds is 8. The molecule has 0 saturated heterocycles. The van der Waals surface area contributed by atoms with Gasteiger partial charge in [0.25, 0.3) is 0 Å². The first kappa shape index (κ1) is 13.0. The molecule has 0 atom stereocenters. The highest BCUT2D eigenvalue weighted by Crippen LogP contribution is 2.14. The van der Waals surface area contributed by atoms with Gasteiger partial charge in [-0.2, -0.15) is 0 Å². The third-order valence-corrected chi connectivity index (χ3v) is 2.78. The normalized spacial score (nSPS) is 10.4. The van der Waals surface area contributed by atoms with Crippen LogP contribution in [0.2, 0.25) is 0 Å². The molecule has 0 aliphatic rings. The molecule has 0 aromatic heterocycles. The number of benzene rings is 1. The van der Waals surface area contributed by atoms with Gasteiger partial charge < -0.3 is 10.4 Å². The minimum absolute atomic E-state index is 0.110. The zero-order valence-electron chi connectivity index (χ0n) is 10.2. The van der Waals surface area contributed by atoms with Gasteiger partial charge in [-0.05, 0) is 12.5 Å². The maximum Gasteiger partial charge on any atom is 0.0701 e. The number of nitrogens with one attached hydrogen (secondary N) is 1. The highest BCUT2D eigenvalue weighted by molar-refractivity contribution is 5.50. The van der Waals surface area contributed by atoms with E-state index in [0.717, 1.165) is 17.8 Å². The molecule has 1 rings (SSSR count). The molecule has 0 bridgehead atoms. The second-order valence-corrected chi connectivity index (χ2v) is 4.16. The fourth-order valence-electron chi connectivity index (χ4n) is 1.78. The zero-order valence-corrected chi connectivity index (χ0v) is 10.2.